The molecule has 3 atom stereocenters. The van der Waals surface area contributed by atoms with Gasteiger partial charge in [0.1, 0.15) is 11.5 Å². The number of benzene rings is 2. The lowest BCUT2D eigenvalue weighted by Gasteiger charge is -2.46. The maximum absolute atomic E-state index is 13.6. The summed E-state index contributed by atoms with van der Waals surface area (Å²) in [7, 11) is -2.35. The van der Waals surface area contributed by atoms with Crippen LogP contribution in [-0.2, 0) is 20.0 Å². The lowest BCUT2D eigenvalue weighted by molar-refractivity contribution is -0.132. The lowest BCUT2D eigenvalue weighted by atomic mass is 9.81. The highest BCUT2D eigenvalue weighted by Crippen LogP contribution is 2.48. The van der Waals surface area contributed by atoms with Crippen LogP contribution in [0.3, 0.4) is 0 Å². The van der Waals surface area contributed by atoms with Crippen LogP contribution in [-0.4, -0.2) is 32.4 Å². The van der Waals surface area contributed by atoms with E-state index in [4.69, 9.17) is 9.47 Å². The number of piperidine rings is 1. The number of carbonyl (C=O) groups is 1. The Morgan fingerprint density at radius 2 is 1.80 bits per heavy atom. The van der Waals surface area contributed by atoms with Gasteiger partial charge in [-0.05, 0) is 41.7 Å². The summed E-state index contributed by atoms with van der Waals surface area (Å²) in [6.07, 6.45) is 0.377. The van der Waals surface area contributed by atoms with E-state index in [1.807, 2.05) is 12.1 Å². The summed E-state index contributed by atoms with van der Waals surface area (Å²) in [6, 6.07) is 12.1. The van der Waals surface area contributed by atoms with E-state index in [1.54, 1.807) is 44.4 Å². The molecule has 160 valence electrons. The van der Waals surface area contributed by atoms with E-state index in [9.17, 15) is 13.2 Å². The number of fused-ring (bicyclic) bond motifs is 4. The third-order valence-corrected chi connectivity index (χ3v) is 8.10. The van der Waals surface area contributed by atoms with E-state index in [0.717, 1.165) is 5.56 Å². The van der Waals surface area contributed by atoms with Gasteiger partial charge in [-0.3, -0.25) is 4.79 Å². The number of ether oxygens (including phenoxy) is 2. The van der Waals surface area contributed by atoms with Crippen molar-refractivity contribution in [2.75, 3.05) is 7.11 Å². The topological polar surface area (TPSA) is 81.7 Å². The highest BCUT2D eigenvalue weighted by atomic mass is 32.2. The van der Waals surface area contributed by atoms with Gasteiger partial charge in [0.2, 0.25) is 5.91 Å². The molecule has 0 aliphatic carbocycles. The zero-order valence-electron chi connectivity index (χ0n) is 17.9. The molecule has 1 saturated heterocycles. The molecule has 6 nitrogen and oxygen atoms in total. The zero-order chi connectivity index (χ0) is 21.9. The van der Waals surface area contributed by atoms with E-state index in [1.165, 1.54) is 0 Å². The number of sulfone groups is 1. The van der Waals surface area contributed by atoms with Gasteiger partial charge in [-0.15, -0.1) is 0 Å². The zero-order valence-corrected chi connectivity index (χ0v) is 18.7. The summed E-state index contributed by atoms with van der Waals surface area (Å²) in [4.78, 5) is 13.2. The Bertz CT molecular complexity index is 1100. The first-order chi connectivity index (χ1) is 13.9. The molecule has 1 fully saturated rings. The number of hydrogen-bond acceptors (Lipinski definition) is 5. The molecule has 0 radical (unpaired) electrons. The van der Waals surface area contributed by atoms with E-state index >= 15 is 0 Å². The van der Waals surface area contributed by atoms with E-state index in [2.05, 4.69) is 26.1 Å². The lowest BCUT2D eigenvalue weighted by Crippen LogP contribution is -2.63. The second kappa shape index (κ2) is 6.74. The number of amides is 1. The molecule has 2 aromatic carbocycles. The number of carbonyl (C=O) groups excluding carboxylic acids is 1. The normalized spacial score (nSPS) is 25.7. The van der Waals surface area contributed by atoms with E-state index in [0.29, 0.717) is 23.5 Å². The molecule has 0 spiro atoms. The van der Waals surface area contributed by atoms with Gasteiger partial charge in [0.15, 0.2) is 20.8 Å². The van der Waals surface area contributed by atoms with Crippen LogP contribution in [0.2, 0.25) is 0 Å². The minimum Gasteiger partial charge on any atom is -0.497 e. The molecule has 0 saturated carbocycles. The van der Waals surface area contributed by atoms with Crippen LogP contribution in [0.4, 0.5) is 0 Å². The fraction of sp³-hybridized carbons (Fsp3) is 0.435. The summed E-state index contributed by atoms with van der Waals surface area (Å²) in [5, 5.41) is 1.56. The molecule has 2 heterocycles. The minimum absolute atomic E-state index is 0.0922. The second-order valence-electron chi connectivity index (χ2n) is 9.28. The van der Waals surface area contributed by atoms with Gasteiger partial charge in [0.05, 0.1) is 12.0 Å². The quantitative estimate of drug-likeness (QED) is 0.807. The van der Waals surface area contributed by atoms with Crippen molar-refractivity contribution in [3.8, 4) is 11.5 Å². The highest BCUT2D eigenvalue weighted by molar-refractivity contribution is 7.92. The first-order valence-electron chi connectivity index (χ1n) is 9.98. The summed E-state index contributed by atoms with van der Waals surface area (Å²) < 4.78 is 38.4. The molecule has 7 heteroatoms. The predicted molar refractivity (Wildman–Crippen MR) is 114 cm³/mol. The van der Waals surface area contributed by atoms with Crippen LogP contribution in [0.5, 0.6) is 11.5 Å². The SMILES string of the molecule is COc1ccc2c(c1)O[C@@]1(C)C[C@H]2[C@H](S(=O)(=O)c2ccc(C(C)(C)C)cc2)C(=O)N1. The van der Waals surface area contributed by atoms with Crippen molar-refractivity contribution in [2.45, 2.75) is 61.3 Å². The summed E-state index contributed by atoms with van der Waals surface area (Å²) in [5.74, 6) is 0.109. The molecular formula is C23H27NO5S. The Morgan fingerprint density at radius 1 is 1.13 bits per heavy atom. The Morgan fingerprint density at radius 3 is 2.40 bits per heavy atom. The number of hydrogen-bond donors (Lipinski definition) is 1. The molecule has 1 N–H and O–H groups in total. The highest BCUT2D eigenvalue weighted by Gasteiger charge is 2.54. The molecule has 30 heavy (non-hydrogen) atoms. The van der Waals surface area contributed by atoms with Gasteiger partial charge < -0.3 is 14.8 Å². The maximum Gasteiger partial charge on any atom is 0.242 e. The Balaban J connectivity index is 1.78. The van der Waals surface area contributed by atoms with Gasteiger partial charge in [-0.1, -0.05) is 39.0 Å². The smallest absolute Gasteiger partial charge is 0.242 e. The fourth-order valence-electron chi connectivity index (χ4n) is 4.36. The second-order valence-corrected chi connectivity index (χ2v) is 11.3. The third-order valence-electron chi connectivity index (χ3n) is 5.96. The van der Waals surface area contributed by atoms with Crippen LogP contribution >= 0.6 is 0 Å². The standard InChI is InChI=1S/C23H27NO5S/c1-22(2,3)14-6-9-16(10-7-14)30(26,27)20-18-13-23(4,24-21(20)25)29-19-12-15(28-5)8-11-17(18)19/h6-12,18,20H,13H2,1-5H3,(H,24,25)/t18-,20+,23+/m1/s1. The van der Waals surface area contributed by atoms with Crippen molar-refractivity contribution >= 4 is 15.7 Å². The first kappa shape index (κ1) is 20.7. The van der Waals surface area contributed by atoms with Gasteiger partial charge >= 0.3 is 0 Å². The molecule has 2 aliphatic heterocycles. The van der Waals surface area contributed by atoms with Crippen molar-refractivity contribution in [3.05, 3.63) is 53.6 Å². The van der Waals surface area contributed by atoms with Crippen LogP contribution in [0.25, 0.3) is 0 Å². The summed E-state index contributed by atoms with van der Waals surface area (Å²) >= 11 is 0. The minimum atomic E-state index is -3.91. The Kier molecular flexibility index (Phi) is 4.65. The van der Waals surface area contributed by atoms with Crippen LogP contribution in [0.1, 0.15) is 51.2 Å². The molecule has 0 unspecified atom stereocenters. The Hall–Kier alpha value is -2.54. The molecule has 4 rings (SSSR count). The number of nitrogens with one attached hydrogen (secondary N) is 1. The predicted octanol–water partition coefficient (Wildman–Crippen LogP) is 3.55. The van der Waals surface area contributed by atoms with Gasteiger partial charge in [0, 0.05) is 18.4 Å². The first-order valence-corrected chi connectivity index (χ1v) is 11.5. The van der Waals surface area contributed by atoms with Crippen molar-refractivity contribution in [3.63, 3.8) is 0 Å². The average Bonchev–Trinajstić information content (AvgIpc) is 2.65. The third kappa shape index (κ3) is 3.35. The van der Waals surface area contributed by atoms with Gasteiger partial charge in [-0.25, -0.2) is 8.42 Å². The molecule has 0 aromatic heterocycles. The van der Waals surface area contributed by atoms with Crippen LogP contribution in [0, 0.1) is 0 Å². The average molecular weight is 430 g/mol. The van der Waals surface area contributed by atoms with Crippen molar-refractivity contribution in [2.24, 2.45) is 0 Å². The Labute approximate surface area is 177 Å². The number of rotatable bonds is 3. The van der Waals surface area contributed by atoms with Gasteiger partial charge in [-0.2, -0.15) is 0 Å². The van der Waals surface area contributed by atoms with Gasteiger partial charge in [0.25, 0.3) is 0 Å². The maximum atomic E-state index is 13.6. The van der Waals surface area contributed by atoms with E-state index in [-0.39, 0.29) is 10.3 Å². The molecule has 2 bridgehead atoms. The fourth-order valence-corrected chi connectivity index (χ4v) is 6.18. The summed E-state index contributed by atoms with van der Waals surface area (Å²) in [5.41, 5.74) is 0.697. The molecule has 2 aromatic rings. The summed E-state index contributed by atoms with van der Waals surface area (Å²) in [6.45, 7) is 7.97. The van der Waals surface area contributed by atoms with E-state index < -0.39 is 32.6 Å². The van der Waals surface area contributed by atoms with Crippen molar-refractivity contribution in [1.82, 2.24) is 5.32 Å². The molecular weight excluding hydrogens is 402 g/mol. The largest absolute Gasteiger partial charge is 0.497 e. The number of methoxy groups -OCH3 is 1. The monoisotopic (exact) mass is 429 g/mol. The van der Waals surface area contributed by atoms with Crippen LogP contribution in [0.15, 0.2) is 47.4 Å². The van der Waals surface area contributed by atoms with Crippen molar-refractivity contribution < 1.29 is 22.7 Å². The molecule has 2 aliphatic rings. The van der Waals surface area contributed by atoms with Crippen molar-refractivity contribution in [1.29, 1.82) is 0 Å². The van der Waals surface area contributed by atoms with Crippen LogP contribution < -0.4 is 14.8 Å². The molecule has 1 amide bonds.